The van der Waals surface area contributed by atoms with Crippen LogP contribution in [-0.2, 0) is 16.2 Å². The first-order valence-corrected chi connectivity index (χ1v) is 10.7. The van der Waals surface area contributed by atoms with E-state index in [1.54, 1.807) is 12.1 Å². The number of aromatic hydroxyl groups is 1. The van der Waals surface area contributed by atoms with Crippen LogP contribution in [0, 0.1) is 0 Å². The summed E-state index contributed by atoms with van der Waals surface area (Å²) in [6, 6.07) is 14.8. The summed E-state index contributed by atoms with van der Waals surface area (Å²) in [5.74, 6) is -0.792. The molecule has 0 saturated heterocycles. The van der Waals surface area contributed by atoms with Crippen molar-refractivity contribution < 1.29 is 31.5 Å². The zero-order chi connectivity index (χ0) is 22.8. The number of phenols is 1. The summed E-state index contributed by atoms with van der Waals surface area (Å²) in [5.41, 5.74) is 0.899. The normalized spacial score (nSPS) is 11.4. The molecule has 11 heteroatoms. The van der Waals surface area contributed by atoms with Crippen LogP contribution in [0.2, 0.25) is 0 Å². The third-order valence-corrected chi connectivity index (χ3v) is 4.83. The summed E-state index contributed by atoms with van der Waals surface area (Å²) in [7, 11) is -3.62. The Morgan fingerprint density at radius 2 is 1.44 bits per heavy atom. The number of phenolic OH excluding ortho intramolecular Hbond substituents is 1. The minimum Gasteiger partial charge on any atom is -0.506 e. The minimum absolute atomic E-state index is 0. The third-order valence-electron chi connectivity index (χ3n) is 4.24. The summed E-state index contributed by atoms with van der Waals surface area (Å²) < 4.78 is 62.9. The van der Waals surface area contributed by atoms with Gasteiger partial charge in [0, 0.05) is 11.3 Å². The molecule has 170 valence electrons. The van der Waals surface area contributed by atoms with E-state index in [0.717, 1.165) is 18.4 Å². The Balaban J connectivity index is 0.00000363. The molecular formula is C21H18ClF3N2O4S. The Morgan fingerprint density at radius 3 is 1.94 bits per heavy atom. The molecule has 0 heterocycles. The number of alkyl halides is 3. The van der Waals surface area contributed by atoms with Crippen LogP contribution in [0.4, 0.5) is 24.5 Å². The van der Waals surface area contributed by atoms with E-state index in [1.807, 2.05) is 0 Å². The SMILES string of the molecule is CS(=O)(=O)Nc1cc(NC(=O)c2ccc(-c3ccc(C(F)(F)F)cc3)cc2)ccc1O.Cl. The maximum Gasteiger partial charge on any atom is 0.416 e. The van der Waals surface area contributed by atoms with Gasteiger partial charge in [-0.05, 0) is 53.6 Å². The average molecular weight is 487 g/mol. The molecule has 3 aromatic carbocycles. The molecule has 0 unspecified atom stereocenters. The van der Waals surface area contributed by atoms with Crippen LogP contribution in [0.25, 0.3) is 11.1 Å². The smallest absolute Gasteiger partial charge is 0.416 e. The van der Waals surface area contributed by atoms with Gasteiger partial charge in [0.1, 0.15) is 5.75 Å². The van der Waals surface area contributed by atoms with Gasteiger partial charge in [-0.1, -0.05) is 24.3 Å². The molecule has 0 aliphatic rings. The number of halogens is 4. The molecule has 0 radical (unpaired) electrons. The number of anilines is 2. The summed E-state index contributed by atoms with van der Waals surface area (Å²) >= 11 is 0. The molecule has 0 aliphatic carbocycles. The highest BCUT2D eigenvalue weighted by Gasteiger charge is 2.29. The predicted octanol–water partition coefficient (Wildman–Crippen LogP) is 5.12. The Labute approximate surface area is 188 Å². The first kappa shape index (κ1) is 25.0. The zero-order valence-electron chi connectivity index (χ0n) is 16.5. The van der Waals surface area contributed by atoms with Gasteiger partial charge in [0.15, 0.2) is 0 Å². The van der Waals surface area contributed by atoms with Crippen molar-refractivity contribution in [2.45, 2.75) is 6.18 Å². The van der Waals surface area contributed by atoms with Gasteiger partial charge in [0.25, 0.3) is 5.91 Å². The molecule has 3 rings (SSSR count). The highest BCUT2D eigenvalue weighted by molar-refractivity contribution is 7.92. The Hall–Kier alpha value is -3.24. The van der Waals surface area contributed by atoms with Crippen molar-refractivity contribution in [1.29, 1.82) is 0 Å². The van der Waals surface area contributed by atoms with Crippen molar-refractivity contribution in [1.82, 2.24) is 0 Å². The van der Waals surface area contributed by atoms with Crippen molar-refractivity contribution in [3.05, 3.63) is 77.9 Å². The lowest BCUT2D eigenvalue weighted by molar-refractivity contribution is -0.137. The quantitative estimate of drug-likeness (QED) is 0.344. The zero-order valence-corrected chi connectivity index (χ0v) is 18.1. The maximum atomic E-state index is 12.7. The van der Waals surface area contributed by atoms with Crippen LogP contribution in [0.15, 0.2) is 66.7 Å². The molecule has 0 spiro atoms. The van der Waals surface area contributed by atoms with E-state index in [2.05, 4.69) is 10.0 Å². The van der Waals surface area contributed by atoms with Crippen molar-refractivity contribution in [3.63, 3.8) is 0 Å². The van der Waals surface area contributed by atoms with E-state index in [9.17, 15) is 31.5 Å². The first-order chi connectivity index (χ1) is 14.4. The second-order valence-corrected chi connectivity index (χ2v) is 8.46. The van der Waals surface area contributed by atoms with Crippen molar-refractivity contribution >= 4 is 39.7 Å². The van der Waals surface area contributed by atoms with E-state index >= 15 is 0 Å². The van der Waals surface area contributed by atoms with Gasteiger partial charge in [-0.2, -0.15) is 13.2 Å². The molecule has 0 saturated carbocycles. The molecule has 1 amide bonds. The van der Waals surface area contributed by atoms with Gasteiger partial charge >= 0.3 is 6.18 Å². The highest BCUT2D eigenvalue weighted by Crippen LogP contribution is 2.31. The molecule has 0 atom stereocenters. The molecule has 6 nitrogen and oxygen atoms in total. The maximum absolute atomic E-state index is 12.7. The van der Waals surface area contributed by atoms with Crippen molar-refractivity contribution in [2.24, 2.45) is 0 Å². The van der Waals surface area contributed by atoms with E-state index in [4.69, 9.17) is 0 Å². The number of carbonyl (C=O) groups is 1. The number of carbonyl (C=O) groups excluding carboxylic acids is 1. The fourth-order valence-corrected chi connectivity index (χ4v) is 3.33. The van der Waals surface area contributed by atoms with Gasteiger partial charge in [0.2, 0.25) is 10.0 Å². The molecule has 32 heavy (non-hydrogen) atoms. The van der Waals surface area contributed by atoms with E-state index < -0.39 is 27.7 Å². The van der Waals surface area contributed by atoms with Gasteiger partial charge in [0.05, 0.1) is 17.5 Å². The van der Waals surface area contributed by atoms with E-state index in [-0.39, 0.29) is 35.1 Å². The topological polar surface area (TPSA) is 95.5 Å². The third kappa shape index (κ3) is 6.38. The standard InChI is InChI=1S/C21H17F3N2O4S.ClH/c1-31(29,30)26-18-12-17(10-11-19(18)27)25-20(28)15-4-2-13(3-5-15)14-6-8-16(9-7-14)21(22,23)24;/h2-12,26-27H,1H3,(H,25,28);1H. The Bertz CT molecular complexity index is 1210. The van der Waals surface area contributed by atoms with E-state index in [0.29, 0.717) is 11.1 Å². The fraction of sp³-hybridized carbons (Fsp3) is 0.0952. The monoisotopic (exact) mass is 486 g/mol. The fourth-order valence-electron chi connectivity index (χ4n) is 2.76. The van der Waals surface area contributed by atoms with Gasteiger partial charge in [-0.3, -0.25) is 9.52 Å². The lowest BCUT2D eigenvalue weighted by Gasteiger charge is -2.11. The summed E-state index contributed by atoms with van der Waals surface area (Å²) in [4.78, 5) is 12.5. The average Bonchev–Trinajstić information content (AvgIpc) is 2.69. The van der Waals surface area contributed by atoms with Crippen molar-refractivity contribution in [3.8, 4) is 16.9 Å². The Morgan fingerprint density at radius 1 is 0.906 bits per heavy atom. The number of benzene rings is 3. The Kier molecular flexibility index (Phi) is 7.42. The molecule has 0 fully saturated rings. The van der Waals surface area contributed by atoms with Crippen LogP contribution in [-0.4, -0.2) is 25.7 Å². The number of sulfonamides is 1. The predicted molar refractivity (Wildman–Crippen MR) is 119 cm³/mol. The molecule has 3 N–H and O–H groups in total. The minimum atomic E-state index is -4.41. The molecular weight excluding hydrogens is 469 g/mol. The van der Waals surface area contributed by atoms with E-state index in [1.165, 1.54) is 42.5 Å². The van der Waals surface area contributed by atoms with Crippen LogP contribution < -0.4 is 10.0 Å². The molecule has 0 bridgehead atoms. The lowest BCUT2D eigenvalue weighted by Crippen LogP contribution is -2.13. The van der Waals surface area contributed by atoms with Crippen molar-refractivity contribution in [2.75, 3.05) is 16.3 Å². The number of nitrogens with one attached hydrogen (secondary N) is 2. The number of amides is 1. The first-order valence-electron chi connectivity index (χ1n) is 8.82. The lowest BCUT2D eigenvalue weighted by atomic mass is 10.0. The largest absolute Gasteiger partial charge is 0.506 e. The summed E-state index contributed by atoms with van der Waals surface area (Å²) in [6.45, 7) is 0. The number of hydrogen-bond acceptors (Lipinski definition) is 4. The highest BCUT2D eigenvalue weighted by atomic mass is 35.5. The second-order valence-electron chi connectivity index (χ2n) is 6.71. The second kappa shape index (κ2) is 9.49. The van der Waals surface area contributed by atoms with Crippen LogP contribution in [0.1, 0.15) is 15.9 Å². The number of hydrogen-bond donors (Lipinski definition) is 3. The van der Waals surface area contributed by atoms with Gasteiger partial charge in [-0.15, -0.1) is 12.4 Å². The molecule has 0 aromatic heterocycles. The summed E-state index contributed by atoms with van der Waals surface area (Å²) in [5, 5.41) is 12.3. The van der Waals surface area contributed by atoms with Gasteiger partial charge < -0.3 is 10.4 Å². The van der Waals surface area contributed by atoms with Crippen LogP contribution >= 0.6 is 12.4 Å². The molecule has 0 aliphatic heterocycles. The number of rotatable bonds is 5. The van der Waals surface area contributed by atoms with Crippen LogP contribution in [0.5, 0.6) is 5.75 Å². The summed E-state index contributed by atoms with van der Waals surface area (Å²) in [6.07, 6.45) is -3.48. The molecule has 3 aromatic rings. The van der Waals surface area contributed by atoms with Crippen LogP contribution in [0.3, 0.4) is 0 Å². The van der Waals surface area contributed by atoms with Gasteiger partial charge in [-0.25, -0.2) is 8.42 Å².